The summed E-state index contributed by atoms with van der Waals surface area (Å²) in [4.78, 5) is 22.6. The summed E-state index contributed by atoms with van der Waals surface area (Å²) in [5.74, 6) is 2.54. The Hall–Kier alpha value is -1.26. The molecule has 5 heteroatoms. The molecule has 3 fully saturated rings. The molecule has 0 aromatic heterocycles. The van der Waals surface area contributed by atoms with Gasteiger partial charge in [-0.05, 0) is 62.2 Å². The molecule has 0 aromatic rings. The van der Waals surface area contributed by atoms with Crippen molar-refractivity contribution in [2.24, 2.45) is 29.6 Å². The number of rotatable bonds is 4. The molecule has 0 heterocycles. The van der Waals surface area contributed by atoms with Crippen LogP contribution >= 0.6 is 0 Å². The van der Waals surface area contributed by atoms with E-state index in [2.05, 4.69) is 5.32 Å². The Morgan fingerprint density at radius 1 is 1.00 bits per heavy atom. The van der Waals surface area contributed by atoms with Crippen molar-refractivity contribution >= 4 is 12.1 Å². The highest BCUT2D eigenvalue weighted by Gasteiger charge is 2.51. The lowest BCUT2D eigenvalue weighted by Crippen LogP contribution is -2.39. The van der Waals surface area contributed by atoms with Crippen LogP contribution in [0.5, 0.6) is 0 Å². The molecule has 3 aliphatic rings. The van der Waals surface area contributed by atoms with E-state index in [1.54, 1.807) is 0 Å². The van der Waals surface area contributed by atoms with Crippen molar-refractivity contribution in [1.82, 2.24) is 5.32 Å². The third-order valence-corrected chi connectivity index (χ3v) is 6.51. The van der Waals surface area contributed by atoms with Crippen LogP contribution in [0.3, 0.4) is 0 Å². The number of amides is 1. The summed E-state index contributed by atoms with van der Waals surface area (Å²) in [6, 6.07) is -0.907. The number of hydrogen-bond donors (Lipinski definition) is 2. The molecule has 0 aromatic carbocycles. The molecule has 130 valence electrons. The maximum absolute atomic E-state index is 11.8. The molecule has 3 saturated carbocycles. The van der Waals surface area contributed by atoms with E-state index in [-0.39, 0.29) is 0 Å². The molecule has 3 rings (SSSR count). The Bertz CT molecular complexity index is 430. The van der Waals surface area contributed by atoms with Crippen molar-refractivity contribution in [2.75, 3.05) is 6.61 Å². The number of carbonyl (C=O) groups excluding carboxylic acids is 1. The summed E-state index contributed by atoms with van der Waals surface area (Å²) >= 11 is 0. The molecule has 5 nitrogen and oxygen atoms in total. The van der Waals surface area contributed by atoms with Crippen LogP contribution in [0.25, 0.3) is 0 Å². The summed E-state index contributed by atoms with van der Waals surface area (Å²) in [5, 5.41) is 11.2. The minimum Gasteiger partial charge on any atom is -0.480 e. The van der Waals surface area contributed by atoms with E-state index in [0.29, 0.717) is 24.4 Å². The Balaban J connectivity index is 1.59. The van der Waals surface area contributed by atoms with Gasteiger partial charge in [-0.15, -0.1) is 0 Å². The fourth-order valence-electron chi connectivity index (χ4n) is 5.52. The topological polar surface area (TPSA) is 75.6 Å². The van der Waals surface area contributed by atoms with Crippen LogP contribution < -0.4 is 5.32 Å². The van der Waals surface area contributed by atoms with Gasteiger partial charge in [0.2, 0.25) is 0 Å². The lowest BCUT2D eigenvalue weighted by Gasteiger charge is -2.32. The van der Waals surface area contributed by atoms with E-state index in [0.717, 1.165) is 11.8 Å². The zero-order chi connectivity index (χ0) is 16.4. The van der Waals surface area contributed by atoms with Gasteiger partial charge in [0.05, 0.1) is 6.61 Å². The van der Waals surface area contributed by atoms with E-state index in [9.17, 15) is 9.59 Å². The zero-order valence-electron chi connectivity index (χ0n) is 14.0. The van der Waals surface area contributed by atoms with Gasteiger partial charge in [0.1, 0.15) is 6.04 Å². The fraction of sp³-hybridized carbons (Fsp3) is 0.889. The summed E-state index contributed by atoms with van der Waals surface area (Å²) in [5.41, 5.74) is 0. The third kappa shape index (κ3) is 3.48. The van der Waals surface area contributed by atoms with Crippen molar-refractivity contribution in [3.8, 4) is 0 Å². The molecule has 0 aliphatic heterocycles. The monoisotopic (exact) mass is 323 g/mol. The van der Waals surface area contributed by atoms with Gasteiger partial charge < -0.3 is 15.2 Å². The molecule has 1 amide bonds. The summed E-state index contributed by atoms with van der Waals surface area (Å²) in [6.07, 6.45) is 9.99. The van der Waals surface area contributed by atoms with E-state index < -0.39 is 18.1 Å². The molecule has 5 unspecified atom stereocenters. The SMILES string of the molecule is CC(NC(=O)OCC1C2CCCCC2C2CCCCC21)C(=O)O. The van der Waals surface area contributed by atoms with Crippen LogP contribution in [-0.4, -0.2) is 29.8 Å². The van der Waals surface area contributed by atoms with Crippen molar-refractivity contribution in [2.45, 2.75) is 64.3 Å². The van der Waals surface area contributed by atoms with Gasteiger partial charge in [-0.1, -0.05) is 25.7 Å². The average Bonchev–Trinajstić information content (AvgIpc) is 2.87. The molecule has 23 heavy (non-hydrogen) atoms. The Kier molecular flexibility index (Phi) is 5.12. The van der Waals surface area contributed by atoms with E-state index >= 15 is 0 Å². The maximum Gasteiger partial charge on any atom is 0.407 e. The fourth-order valence-corrected chi connectivity index (χ4v) is 5.52. The molecule has 0 spiro atoms. The van der Waals surface area contributed by atoms with Gasteiger partial charge >= 0.3 is 12.1 Å². The molecular weight excluding hydrogens is 294 g/mol. The predicted molar refractivity (Wildman–Crippen MR) is 86.0 cm³/mol. The number of carboxylic acid groups (broad SMARTS) is 1. The van der Waals surface area contributed by atoms with Crippen molar-refractivity contribution in [1.29, 1.82) is 0 Å². The number of carbonyl (C=O) groups is 2. The second kappa shape index (κ2) is 7.10. The molecule has 3 aliphatic carbocycles. The van der Waals surface area contributed by atoms with Crippen LogP contribution in [0, 0.1) is 29.6 Å². The van der Waals surface area contributed by atoms with Gasteiger partial charge in [-0.3, -0.25) is 4.79 Å². The number of nitrogens with one attached hydrogen (secondary N) is 1. The molecule has 2 N–H and O–H groups in total. The number of ether oxygens (including phenoxy) is 1. The van der Waals surface area contributed by atoms with Gasteiger partial charge in [-0.25, -0.2) is 4.79 Å². The highest BCUT2D eigenvalue weighted by Crippen LogP contribution is 2.57. The Labute approximate surface area is 138 Å². The van der Waals surface area contributed by atoms with Crippen LogP contribution in [0.4, 0.5) is 4.79 Å². The zero-order valence-corrected chi connectivity index (χ0v) is 14.0. The van der Waals surface area contributed by atoms with Crippen molar-refractivity contribution < 1.29 is 19.4 Å². The van der Waals surface area contributed by atoms with Crippen LogP contribution in [0.2, 0.25) is 0 Å². The lowest BCUT2D eigenvalue weighted by molar-refractivity contribution is -0.138. The summed E-state index contributed by atoms with van der Waals surface area (Å²) in [7, 11) is 0. The first kappa shape index (κ1) is 16.6. The molecule has 0 radical (unpaired) electrons. The first-order chi connectivity index (χ1) is 11.1. The van der Waals surface area contributed by atoms with E-state index in [1.165, 1.54) is 58.3 Å². The van der Waals surface area contributed by atoms with Gasteiger partial charge in [0.15, 0.2) is 0 Å². The number of hydrogen-bond acceptors (Lipinski definition) is 3. The standard InChI is InChI=1S/C18H29NO4/c1-11(17(20)21)19-18(22)23-10-16-14-8-4-2-6-12(14)13-7-3-5-9-15(13)16/h11-16H,2-10H2,1H3,(H,19,22)(H,20,21). The second-order valence-electron chi connectivity index (χ2n) is 7.69. The first-order valence-corrected chi connectivity index (χ1v) is 9.24. The van der Waals surface area contributed by atoms with Crippen LogP contribution in [0.1, 0.15) is 58.3 Å². The largest absolute Gasteiger partial charge is 0.480 e. The highest BCUT2D eigenvalue weighted by molar-refractivity contribution is 5.79. The lowest BCUT2D eigenvalue weighted by atomic mass is 9.73. The Morgan fingerprint density at radius 3 is 1.96 bits per heavy atom. The molecule has 0 bridgehead atoms. The average molecular weight is 323 g/mol. The first-order valence-electron chi connectivity index (χ1n) is 9.24. The highest BCUT2D eigenvalue weighted by atomic mass is 16.5. The number of carboxylic acids is 1. The molecular formula is C18H29NO4. The van der Waals surface area contributed by atoms with Crippen molar-refractivity contribution in [3.05, 3.63) is 0 Å². The quantitative estimate of drug-likeness (QED) is 0.831. The molecule has 5 atom stereocenters. The number of fused-ring (bicyclic) bond motifs is 3. The van der Waals surface area contributed by atoms with Crippen LogP contribution in [0.15, 0.2) is 0 Å². The van der Waals surface area contributed by atoms with Gasteiger partial charge in [0.25, 0.3) is 0 Å². The van der Waals surface area contributed by atoms with Gasteiger partial charge in [-0.2, -0.15) is 0 Å². The smallest absolute Gasteiger partial charge is 0.407 e. The third-order valence-electron chi connectivity index (χ3n) is 6.51. The Morgan fingerprint density at radius 2 is 1.48 bits per heavy atom. The predicted octanol–water partition coefficient (Wildman–Crippen LogP) is 3.43. The minimum atomic E-state index is -1.04. The second-order valence-corrected chi connectivity index (χ2v) is 7.69. The number of alkyl carbamates (subject to hydrolysis) is 1. The van der Waals surface area contributed by atoms with Gasteiger partial charge in [0, 0.05) is 0 Å². The van der Waals surface area contributed by atoms with Crippen molar-refractivity contribution in [3.63, 3.8) is 0 Å². The normalized spacial score (nSPS) is 37.3. The van der Waals surface area contributed by atoms with E-state index in [1.807, 2.05) is 0 Å². The van der Waals surface area contributed by atoms with Crippen LogP contribution in [-0.2, 0) is 9.53 Å². The minimum absolute atomic E-state index is 0.459. The van der Waals surface area contributed by atoms with E-state index in [4.69, 9.17) is 9.84 Å². The summed E-state index contributed by atoms with van der Waals surface area (Å²) in [6.45, 7) is 1.91. The number of aliphatic carboxylic acids is 1. The maximum atomic E-state index is 11.8. The summed E-state index contributed by atoms with van der Waals surface area (Å²) < 4.78 is 5.43. The molecule has 0 saturated heterocycles.